The first kappa shape index (κ1) is 11.5. The van der Waals surface area contributed by atoms with Gasteiger partial charge in [0.15, 0.2) is 0 Å². The number of amidine groups is 1. The van der Waals surface area contributed by atoms with E-state index in [4.69, 9.17) is 11.1 Å². The van der Waals surface area contributed by atoms with Crippen molar-refractivity contribution >= 4 is 27.5 Å². The largest absolute Gasteiger partial charge is 0.384 e. The minimum Gasteiger partial charge on any atom is -0.384 e. The minimum absolute atomic E-state index is 0.113. The Labute approximate surface area is 104 Å². The van der Waals surface area contributed by atoms with Crippen molar-refractivity contribution < 1.29 is 0 Å². The molecular formula is C12H16BrN3. The second-order valence-electron chi connectivity index (χ2n) is 4.42. The average molecular weight is 282 g/mol. The number of halogens is 1. The van der Waals surface area contributed by atoms with Crippen LogP contribution in [0.2, 0.25) is 0 Å². The van der Waals surface area contributed by atoms with Gasteiger partial charge in [0.05, 0.1) is 5.69 Å². The molecule has 16 heavy (non-hydrogen) atoms. The Morgan fingerprint density at radius 2 is 2.31 bits per heavy atom. The zero-order valence-corrected chi connectivity index (χ0v) is 10.9. The molecule has 1 aromatic rings. The van der Waals surface area contributed by atoms with Gasteiger partial charge < -0.3 is 10.6 Å². The molecule has 0 aliphatic carbocycles. The maximum absolute atomic E-state index is 7.39. The van der Waals surface area contributed by atoms with Gasteiger partial charge in [-0.3, -0.25) is 5.41 Å². The van der Waals surface area contributed by atoms with Crippen LogP contribution in [-0.2, 0) is 0 Å². The van der Waals surface area contributed by atoms with E-state index in [1.165, 1.54) is 12.1 Å². The topological polar surface area (TPSA) is 53.1 Å². The molecule has 0 saturated carbocycles. The van der Waals surface area contributed by atoms with Crippen molar-refractivity contribution in [2.75, 3.05) is 18.0 Å². The highest BCUT2D eigenvalue weighted by Crippen LogP contribution is 2.31. The molecule has 1 unspecified atom stereocenters. The van der Waals surface area contributed by atoms with E-state index in [-0.39, 0.29) is 5.84 Å². The number of nitrogens with one attached hydrogen (secondary N) is 1. The van der Waals surface area contributed by atoms with Gasteiger partial charge in [0.1, 0.15) is 5.84 Å². The van der Waals surface area contributed by atoms with Gasteiger partial charge in [-0.1, -0.05) is 6.92 Å². The highest BCUT2D eigenvalue weighted by Gasteiger charge is 2.20. The van der Waals surface area contributed by atoms with Gasteiger partial charge in [-0.05, 0) is 46.5 Å². The molecule has 0 amide bonds. The lowest BCUT2D eigenvalue weighted by Crippen LogP contribution is -2.20. The second-order valence-corrected chi connectivity index (χ2v) is 5.27. The Kier molecular flexibility index (Phi) is 3.19. The summed E-state index contributed by atoms with van der Waals surface area (Å²) in [5.74, 6) is 0.876. The molecule has 1 saturated heterocycles. The summed E-state index contributed by atoms with van der Waals surface area (Å²) in [6, 6.07) is 5.87. The van der Waals surface area contributed by atoms with E-state index in [1.54, 1.807) is 0 Å². The Morgan fingerprint density at radius 3 is 2.81 bits per heavy atom. The van der Waals surface area contributed by atoms with E-state index in [2.05, 4.69) is 27.8 Å². The minimum atomic E-state index is 0.113. The Morgan fingerprint density at radius 1 is 1.56 bits per heavy atom. The summed E-state index contributed by atoms with van der Waals surface area (Å²) in [5.41, 5.74) is 7.43. The van der Waals surface area contributed by atoms with Crippen LogP contribution in [0.4, 0.5) is 5.69 Å². The maximum atomic E-state index is 7.39. The van der Waals surface area contributed by atoms with Crippen LogP contribution < -0.4 is 10.6 Å². The van der Waals surface area contributed by atoms with Gasteiger partial charge in [0.25, 0.3) is 0 Å². The second kappa shape index (κ2) is 4.45. The van der Waals surface area contributed by atoms with Crippen molar-refractivity contribution in [1.29, 1.82) is 5.41 Å². The predicted octanol–water partition coefficient (Wildman–Crippen LogP) is 2.58. The number of hydrogen-bond acceptors (Lipinski definition) is 2. The third-order valence-electron chi connectivity index (χ3n) is 3.02. The SMILES string of the molecule is CC1CCN(c2ccc(C(=N)N)cc2Br)C1. The molecule has 3 N–H and O–H groups in total. The molecule has 1 atom stereocenters. The van der Waals surface area contributed by atoms with Crippen LogP contribution in [0.15, 0.2) is 22.7 Å². The fourth-order valence-electron chi connectivity index (χ4n) is 2.08. The van der Waals surface area contributed by atoms with Crippen molar-refractivity contribution in [3.8, 4) is 0 Å². The summed E-state index contributed by atoms with van der Waals surface area (Å²) in [5, 5.41) is 7.39. The number of hydrogen-bond donors (Lipinski definition) is 2. The first-order chi connectivity index (χ1) is 7.58. The van der Waals surface area contributed by atoms with Gasteiger partial charge in [-0.25, -0.2) is 0 Å². The van der Waals surface area contributed by atoms with Crippen LogP contribution in [-0.4, -0.2) is 18.9 Å². The lowest BCUT2D eigenvalue weighted by Gasteiger charge is -2.20. The van der Waals surface area contributed by atoms with Crippen molar-refractivity contribution in [1.82, 2.24) is 0 Å². The van der Waals surface area contributed by atoms with Gasteiger partial charge in [0.2, 0.25) is 0 Å². The first-order valence-corrected chi connectivity index (χ1v) is 6.26. The first-order valence-electron chi connectivity index (χ1n) is 5.47. The molecular weight excluding hydrogens is 266 g/mol. The molecule has 0 bridgehead atoms. The molecule has 4 heteroatoms. The molecule has 3 nitrogen and oxygen atoms in total. The molecule has 86 valence electrons. The average Bonchev–Trinajstić information content (AvgIpc) is 2.64. The van der Waals surface area contributed by atoms with Crippen molar-refractivity contribution in [2.45, 2.75) is 13.3 Å². The summed E-state index contributed by atoms with van der Waals surface area (Å²) < 4.78 is 1.02. The van der Waals surface area contributed by atoms with E-state index in [0.29, 0.717) is 0 Å². The number of anilines is 1. The van der Waals surface area contributed by atoms with E-state index in [9.17, 15) is 0 Å². The van der Waals surface area contributed by atoms with E-state index < -0.39 is 0 Å². The lowest BCUT2D eigenvalue weighted by atomic mass is 10.1. The Hall–Kier alpha value is -1.03. The van der Waals surface area contributed by atoms with E-state index in [0.717, 1.165) is 29.0 Å². The Bertz CT molecular complexity index is 417. The van der Waals surface area contributed by atoms with Crippen LogP contribution in [0.25, 0.3) is 0 Å². The number of nitrogens with two attached hydrogens (primary N) is 1. The summed E-state index contributed by atoms with van der Waals surface area (Å²) >= 11 is 3.55. The van der Waals surface area contributed by atoms with Crippen molar-refractivity contribution in [3.05, 3.63) is 28.2 Å². The molecule has 1 aliphatic heterocycles. The standard InChI is InChI=1S/C12H16BrN3/c1-8-4-5-16(7-8)11-3-2-9(12(14)15)6-10(11)13/h2-3,6,8H,4-5,7H2,1H3,(H3,14,15). The quantitative estimate of drug-likeness (QED) is 0.647. The third-order valence-corrected chi connectivity index (χ3v) is 3.66. The molecule has 1 aromatic carbocycles. The maximum Gasteiger partial charge on any atom is 0.122 e. The zero-order valence-electron chi connectivity index (χ0n) is 9.33. The Balaban J connectivity index is 2.26. The third kappa shape index (κ3) is 2.21. The van der Waals surface area contributed by atoms with Crippen LogP contribution in [0.1, 0.15) is 18.9 Å². The zero-order chi connectivity index (χ0) is 11.7. The van der Waals surface area contributed by atoms with Gasteiger partial charge in [-0.2, -0.15) is 0 Å². The number of benzene rings is 1. The van der Waals surface area contributed by atoms with Crippen LogP contribution in [0, 0.1) is 11.3 Å². The molecule has 1 fully saturated rings. The highest BCUT2D eigenvalue weighted by molar-refractivity contribution is 9.10. The van der Waals surface area contributed by atoms with E-state index in [1.807, 2.05) is 18.2 Å². The number of rotatable bonds is 2. The summed E-state index contributed by atoms with van der Waals surface area (Å²) in [6.07, 6.45) is 1.25. The number of nitrogen functional groups attached to an aromatic ring is 1. The highest BCUT2D eigenvalue weighted by atomic mass is 79.9. The lowest BCUT2D eigenvalue weighted by molar-refractivity contribution is 0.659. The molecule has 1 aliphatic rings. The normalized spacial score (nSPS) is 20.1. The summed E-state index contributed by atoms with van der Waals surface area (Å²) in [7, 11) is 0. The molecule has 1 heterocycles. The molecule has 0 aromatic heterocycles. The van der Waals surface area contributed by atoms with Crippen molar-refractivity contribution in [3.63, 3.8) is 0 Å². The fourth-order valence-corrected chi connectivity index (χ4v) is 2.71. The van der Waals surface area contributed by atoms with Gasteiger partial charge >= 0.3 is 0 Å². The van der Waals surface area contributed by atoms with Gasteiger partial charge in [-0.15, -0.1) is 0 Å². The van der Waals surface area contributed by atoms with Crippen LogP contribution in [0.5, 0.6) is 0 Å². The summed E-state index contributed by atoms with van der Waals surface area (Å²) in [4.78, 5) is 2.37. The van der Waals surface area contributed by atoms with Crippen LogP contribution in [0.3, 0.4) is 0 Å². The smallest absolute Gasteiger partial charge is 0.122 e. The predicted molar refractivity (Wildman–Crippen MR) is 71.2 cm³/mol. The van der Waals surface area contributed by atoms with E-state index >= 15 is 0 Å². The molecule has 2 rings (SSSR count). The number of nitrogens with zero attached hydrogens (tertiary/aromatic N) is 1. The van der Waals surface area contributed by atoms with Crippen molar-refractivity contribution in [2.24, 2.45) is 11.7 Å². The van der Waals surface area contributed by atoms with Crippen LogP contribution >= 0.6 is 15.9 Å². The summed E-state index contributed by atoms with van der Waals surface area (Å²) in [6.45, 7) is 4.50. The molecule has 0 spiro atoms. The molecule has 0 radical (unpaired) electrons. The monoisotopic (exact) mass is 281 g/mol. The fraction of sp³-hybridized carbons (Fsp3) is 0.417. The van der Waals surface area contributed by atoms with Gasteiger partial charge in [0, 0.05) is 23.1 Å².